The predicted octanol–water partition coefficient (Wildman–Crippen LogP) is 2.34. The molecule has 0 radical (unpaired) electrons. The zero-order valence-corrected chi connectivity index (χ0v) is 15.6. The second-order valence-corrected chi connectivity index (χ2v) is 9.85. The lowest BCUT2D eigenvalue weighted by Gasteiger charge is -2.17. The van der Waals surface area contributed by atoms with E-state index in [0.717, 1.165) is 7.05 Å². The maximum absolute atomic E-state index is 12.3. The minimum absolute atomic E-state index is 0.0402. The molecule has 134 valence electrons. The van der Waals surface area contributed by atoms with Gasteiger partial charge in [-0.25, -0.2) is 16.8 Å². The van der Waals surface area contributed by atoms with Gasteiger partial charge >= 0.3 is 0 Å². The van der Waals surface area contributed by atoms with E-state index in [1.54, 1.807) is 13.0 Å². The van der Waals surface area contributed by atoms with Gasteiger partial charge in [0, 0.05) is 13.5 Å². The minimum Gasteiger partial charge on any atom is -0.295 e. The van der Waals surface area contributed by atoms with Gasteiger partial charge in [0.05, 0.1) is 10.6 Å². The summed E-state index contributed by atoms with van der Waals surface area (Å²) in [6.07, 6.45) is 1.70. The quantitative estimate of drug-likeness (QED) is 0.464. The average molecular weight is 373 g/mol. The Morgan fingerprint density at radius 1 is 1.04 bits per heavy atom. The first-order valence-electron chi connectivity index (χ1n) is 7.54. The van der Waals surface area contributed by atoms with Crippen molar-refractivity contribution in [2.45, 2.75) is 37.5 Å². The standard InChI is InChI=1S/C16H23NO5S2/c1-14(2)16(18)12-8-5-9-13-23(19,20)17(3)24(21,22)15-10-6-4-7-11-15/h4,6-7,10-11H,1,5,8-9,12-13H2,2-3H3. The number of hydrogen-bond donors (Lipinski definition) is 0. The predicted molar refractivity (Wildman–Crippen MR) is 93.5 cm³/mol. The minimum atomic E-state index is -4.08. The largest absolute Gasteiger partial charge is 0.295 e. The molecular formula is C16H23NO5S2. The molecular weight excluding hydrogens is 350 g/mol. The second-order valence-electron chi connectivity index (χ2n) is 5.53. The summed E-state index contributed by atoms with van der Waals surface area (Å²) in [5.74, 6) is -0.321. The van der Waals surface area contributed by atoms with Gasteiger partial charge in [0.1, 0.15) is 0 Å². The molecule has 0 heterocycles. The third-order valence-electron chi connectivity index (χ3n) is 3.55. The van der Waals surface area contributed by atoms with Crippen molar-refractivity contribution < 1.29 is 21.6 Å². The van der Waals surface area contributed by atoms with Crippen molar-refractivity contribution in [3.8, 4) is 0 Å². The van der Waals surface area contributed by atoms with Crippen molar-refractivity contribution in [3.05, 3.63) is 42.5 Å². The lowest BCUT2D eigenvalue weighted by Crippen LogP contribution is -2.35. The first-order chi connectivity index (χ1) is 11.1. The summed E-state index contributed by atoms with van der Waals surface area (Å²) in [6, 6.07) is 7.42. The normalized spacial score (nSPS) is 12.3. The second kappa shape index (κ2) is 8.55. The summed E-state index contributed by atoms with van der Waals surface area (Å²) in [5, 5.41) is 0. The number of allylic oxidation sites excluding steroid dienone is 1. The van der Waals surface area contributed by atoms with Crippen molar-refractivity contribution in [3.63, 3.8) is 0 Å². The third-order valence-corrected chi connectivity index (χ3v) is 7.96. The van der Waals surface area contributed by atoms with Gasteiger partial charge in [-0.15, -0.1) is 0 Å². The number of nitrogens with zero attached hydrogens (tertiary/aromatic N) is 1. The SMILES string of the molecule is C=C(C)C(=O)CCCCCS(=O)(=O)N(C)S(=O)(=O)c1ccccc1. The summed E-state index contributed by atoms with van der Waals surface area (Å²) >= 11 is 0. The summed E-state index contributed by atoms with van der Waals surface area (Å²) in [4.78, 5) is 11.3. The van der Waals surface area contributed by atoms with Crippen molar-refractivity contribution in [2.24, 2.45) is 0 Å². The monoisotopic (exact) mass is 373 g/mol. The van der Waals surface area contributed by atoms with E-state index in [4.69, 9.17) is 0 Å². The van der Waals surface area contributed by atoms with Crippen LogP contribution < -0.4 is 0 Å². The highest BCUT2D eigenvalue weighted by Crippen LogP contribution is 2.18. The molecule has 0 aliphatic heterocycles. The van der Waals surface area contributed by atoms with E-state index in [2.05, 4.69) is 6.58 Å². The van der Waals surface area contributed by atoms with Crippen LogP contribution in [0.2, 0.25) is 0 Å². The van der Waals surface area contributed by atoms with Crippen LogP contribution in [-0.2, 0) is 24.8 Å². The van der Waals surface area contributed by atoms with Crippen LogP contribution in [0.1, 0.15) is 32.6 Å². The van der Waals surface area contributed by atoms with E-state index in [1.165, 1.54) is 24.3 Å². The van der Waals surface area contributed by atoms with Crippen LogP contribution in [-0.4, -0.2) is 39.1 Å². The Hall–Kier alpha value is -1.51. The molecule has 0 atom stereocenters. The van der Waals surface area contributed by atoms with Gasteiger partial charge in [0.2, 0.25) is 10.0 Å². The van der Waals surface area contributed by atoms with Gasteiger partial charge in [-0.1, -0.05) is 34.9 Å². The summed E-state index contributed by atoms with van der Waals surface area (Å²) in [6.45, 7) is 5.19. The van der Waals surface area contributed by atoms with E-state index in [0.29, 0.717) is 35.0 Å². The topological polar surface area (TPSA) is 88.6 Å². The van der Waals surface area contributed by atoms with Crippen LogP contribution in [0, 0.1) is 0 Å². The number of sulfonamides is 2. The van der Waals surface area contributed by atoms with Gasteiger partial charge in [0.15, 0.2) is 5.78 Å². The average Bonchev–Trinajstić information content (AvgIpc) is 2.54. The number of rotatable bonds is 10. The fourth-order valence-electron chi connectivity index (χ4n) is 1.98. The highest BCUT2D eigenvalue weighted by molar-refractivity contribution is 8.04. The summed E-state index contributed by atoms with van der Waals surface area (Å²) < 4.78 is 49.5. The van der Waals surface area contributed by atoms with Crippen molar-refractivity contribution >= 4 is 25.8 Å². The van der Waals surface area contributed by atoms with E-state index in [9.17, 15) is 21.6 Å². The number of benzene rings is 1. The summed E-state index contributed by atoms with van der Waals surface area (Å²) in [5.41, 5.74) is 0.483. The maximum atomic E-state index is 12.3. The van der Waals surface area contributed by atoms with E-state index in [1.807, 2.05) is 0 Å². The van der Waals surface area contributed by atoms with E-state index < -0.39 is 20.0 Å². The van der Waals surface area contributed by atoms with Crippen LogP contribution in [0.4, 0.5) is 0 Å². The molecule has 1 rings (SSSR count). The first kappa shape index (κ1) is 20.5. The molecule has 0 saturated heterocycles. The number of ketones is 1. The van der Waals surface area contributed by atoms with Gasteiger partial charge < -0.3 is 0 Å². The number of carbonyl (C=O) groups is 1. The molecule has 1 aromatic rings. The molecule has 0 spiro atoms. The molecule has 8 heteroatoms. The Balaban J connectivity index is 2.62. The van der Waals surface area contributed by atoms with Crippen molar-refractivity contribution in [1.82, 2.24) is 3.71 Å². The van der Waals surface area contributed by atoms with E-state index >= 15 is 0 Å². The van der Waals surface area contributed by atoms with Crippen LogP contribution in [0.15, 0.2) is 47.4 Å². The summed E-state index contributed by atoms with van der Waals surface area (Å²) in [7, 11) is -6.98. The Labute approximate surface area is 144 Å². The zero-order valence-electron chi connectivity index (χ0n) is 13.9. The molecule has 0 aliphatic carbocycles. The molecule has 0 aliphatic rings. The number of carbonyl (C=O) groups excluding carboxylic acids is 1. The van der Waals surface area contributed by atoms with Crippen molar-refractivity contribution in [1.29, 1.82) is 0 Å². The van der Waals surface area contributed by atoms with Gasteiger partial charge in [0.25, 0.3) is 10.0 Å². The molecule has 0 unspecified atom stereocenters. The molecule has 6 nitrogen and oxygen atoms in total. The lowest BCUT2D eigenvalue weighted by atomic mass is 10.1. The molecule has 0 N–H and O–H groups in total. The van der Waals surface area contributed by atoms with Crippen LogP contribution in [0.25, 0.3) is 0 Å². The molecule has 0 amide bonds. The number of Topliss-reactive ketones (excluding diaryl/α,β-unsaturated/α-hetero) is 1. The van der Waals surface area contributed by atoms with Crippen LogP contribution in [0.3, 0.4) is 0 Å². The number of hydrogen-bond acceptors (Lipinski definition) is 5. The first-order valence-corrected chi connectivity index (χ1v) is 10.6. The Morgan fingerprint density at radius 2 is 1.62 bits per heavy atom. The number of unbranched alkanes of at least 4 members (excludes halogenated alkanes) is 2. The molecule has 0 saturated carbocycles. The lowest BCUT2D eigenvalue weighted by molar-refractivity contribution is -0.115. The van der Waals surface area contributed by atoms with E-state index in [-0.39, 0.29) is 16.4 Å². The highest BCUT2D eigenvalue weighted by atomic mass is 32.3. The van der Waals surface area contributed by atoms with Gasteiger partial charge in [-0.3, -0.25) is 4.79 Å². The van der Waals surface area contributed by atoms with Crippen LogP contribution >= 0.6 is 0 Å². The van der Waals surface area contributed by atoms with Crippen molar-refractivity contribution in [2.75, 3.05) is 12.8 Å². The van der Waals surface area contributed by atoms with Gasteiger partial charge in [-0.05, 0) is 37.5 Å². The fraction of sp³-hybridized carbons (Fsp3) is 0.438. The Kier molecular flexibility index (Phi) is 7.31. The highest BCUT2D eigenvalue weighted by Gasteiger charge is 2.30. The van der Waals surface area contributed by atoms with Crippen LogP contribution in [0.5, 0.6) is 0 Å². The molecule has 0 aromatic heterocycles. The maximum Gasteiger partial charge on any atom is 0.255 e. The molecule has 0 bridgehead atoms. The molecule has 1 aromatic carbocycles. The Bertz CT molecular complexity index is 783. The molecule has 0 fully saturated rings. The zero-order chi connectivity index (χ0) is 18.4. The van der Waals surface area contributed by atoms with Gasteiger partial charge in [-0.2, -0.15) is 0 Å². The smallest absolute Gasteiger partial charge is 0.255 e. The third kappa shape index (κ3) is 5.54. The fourth-order valence-corrected chi connectivity index (χ4v) is 5.28. The molecule has 24 heavy (non-hydrogen) atoms. The Morgan fingerprint density at radius 3 is 2.17 bits per heavy atom.